The molecule has 3 aromatic rings. The minimum atomic E-state index is 0.0472. The summed E-state index contributed by atoms with van der Waals surface area (Å²) in [5.41, 5.74) is 3.73. The van der Waals surface area contributed by atoms with Gasteiger partial charge in [0.2, 0.25) is 0 Å². The highest BCUT2D eigenvalue weighted by molar-refractivity contribution is 5.94. The summed E-state index contributed by atoms with van der Waals surface area (Å²) < 4.78 is 1.90. The average molecular weight is 390 g/mol. The van der Waals surface area contributed by atoms with Crippen LogP contribution in [-0.4, -0.2) is 56.6 Å². The molecule has 5 heterocycles. The van der Waals surface area contributed by atoms with Gasteiger partial charge in [0.05, 0.1) is 17.4 Å². The van der Waals surface area contributed by atoms with Crippen LogP contribution < -0.4 is 4.90 Å². The maximum atomic E-state index is 12.9. The van der Waals surface area contributed by atoms with E-state index >= 15 is 0 Å². The largest absolute Gasteiger partial charge is 0.370 e. The number of rotatable bonds is 3. The fourth-order valence-corrected chi connectivity index (χ4v) is 4.45. The van der Waals surface area contributed by atoms with E-state index in [2.05, 4.69) is 22.1 Å². The third kappa shape index (κ3) is 3.57. The van der Waals surface area contributed by atoms with Gasteiger partial charge in [0.25, 0.3) is 5.91 Å². The molecule has 2 fully saturated rings. The molecule has 2 aliphatic heterocycles. The second kappa shape index (κ2) is 7.46. The Morgan fingerprint density at radius 3 is 2.79 bits per heavy atom. The van der Waals surface area contributed by atoms with Crippen LogP contribution in [0.1, 0.15) is 53.3 Å². The number of hydrogen-bond acceptors (Lipinski definition) is 5. The fourth-order valence-electron chi connectivity index (χ4n) is 4.45. The predicted octanol–water partition coefficient (Wildman–Crippen LogP) is 3.05. The molecule has 1 unspecified atom stereocenters. The maximum absolute atomic E-state index is 12.9. The number of carbonyl (C=O) groups is 1. The summed E-state index contributed by atoms with van der Waals surface area (Å²) in [6, 6.07) is 6.09. The molecule has 2 aliphatic rings. The van der Waals surface area contributed by atoms with E-state index < -0.39 is 0 Å². The molecule has 0 aromatic carbocycles. The van der Waals surface area contributed by atoms with Gasteiger partial charge in [0.15, 0.2) is 11.5 Å². The number of hydrogen-bond donors (Lipinski definition) is 0. The Hall–Kier alpha value is -2.96. The Balaban J connectivity index is 1.36. The molecular weight excluding hydrogens is 364 g/mol. The van der Waals surface area contributed by atoms with Crippen LogP contribution in [0.25, 0.3) is 5.65 Å². The first-order chi connectivity index (χ1) is 14.2. The summed E-state index contributed by atoms with van der Waals surface area (Å²) in [5.74, 6) is 1.05. The third-order valence-corrected chi connectivity index (χ3v) is 6.00. The van der Waals surface area contributed by atoms with Crippen LogP contribution in [0.3, 0.4) is 0 Å². The Morgan fingerprint density at radius 1 is 1.10 bits per heavy atom. The summed E-state index contributed by atoms with van der Waals surface area (Å²) in [4.78, 5) is 26.2. The van der Waals surface area contributed by atoms with Gasteiger partial charge in [0, 0.05) is 44.5 Å². The SMILES string of the molecule is Cc1cncc(C(=O)N2CCCC(c3nc4ccc(N5CCCC5)cn4n3)C2)c1. The number of amides is 1. The summed E-state index contributed by atoms with van der Waals surface area (Å²) >= 11 is 0. The Morgan fingerprint density at radius 2 is 1.97 bits per heavy atom. The molecule has 5 rings (SSSR count). The molecule has 0 N–H and O–H groups in total. The number of likely N-dealkylation sites (tertiary alicyclic amines) is 1. The zero-order valence-electron chi connectivity index (χ0n) is 16.8. The van der Waals surface area contributed by atoms with E-state index in [-0.39, 0.29) is 11.8 Å². The van der Waals surface area contributed by atoms with Gasteiger partial charge < -0.3 is 9.80 Å². The van der Waals surface area contributed by atoms with E-state index in [4.69, 9.17) is 10.1 Å². The number of nitrogens with zero attached hydrogens (tertiary/aromatic N) is 6. The Kier molecular flexibility index (Phi) is 4.66. The molecule has 0 saturated carbocycles. The number of aryl methyl sites for hydroxylation is 1. The van der Waals surface area contributed by atoms with Crippen LogP contribution in [0.5, 0.6) is 0 Å². The molecule has 2 saturated heterocycles. The van der Waals surface area contributed by atoms with Gasteiger partial charge in [-0.3, -0.25) is 9.78 Å². The van der Waals surface area contributed by atoms with Crippen LogP contribution in [0.15, 0.2) is 36.8 Å². The van der Waals surface area contributed by atoms with Crippen LogP contribution in [-0.2, 0) is 0 Å². The zero-order valence-corrected chi connectivity index (χ0v) is 16.8. The smallest absolute Gasteiger partial charge is 0.255 e. The van der Waals surface area contributed by atoms with E-state index in [0.717, 1.165) is 49.5 Å². The Bertz CT molecular complexity index is 1040. The molecular formula is C22H26N6O. The maximum Gasteiger partial charge on any atom is 0.255 e. The van der Waals surface area contributed by atoms with Gasteiger partial charge in [0.1, 0.15) is 0 Å². The van der Waals surface area contributed by atoms with Crippen molar-refractivity contribution >= 4 is 17.2 Å². The lowest BCUT2D eigenvalue weighted by molar-refractivity contribution is 0.0704. The van der Waals surface area contributed by atoms with E-state index in [1.807, 2.05) is 28.5 Å². The van der Waals surface area contributed by atoms with Gasteiger partial charge in [-0.15, -0.1) is 0 Å². The minimum absolute atomic E-state index is 0.0472. The minimum Gasteiger partial charge on any atom is -0.370 e. The van der Waals surface area contributed by atoms with E-state index in [9.17, 15) is 4.79 Å². The van der Waals surface area contributed by atoms with Crippen molar-refractivity contribution < 1.29 is 4.79 Å². The molecule has 0 radical (unpaired) electrons. The highest BCUT2D eigenvalue weighted by Gasteiger charge is 2.28. The number of anilines is 1. The standard InChI is InChI=1S/C22H26N6O/c1-16-11-18(13-23-12-16)22(29)27-10-4-5-17(14-27)21-24-20-7-6-19(15-28(20)25-21)26-8-2-3-9-26/h6-7,11-13,15,17H,2-5,8-10,14H2,1H3. The van der Waals surface area contributed by atoms with Crippen LogP contribution in [0.2, 0.25) is 0 Å². The summed E-state index contributed by atoms with van der Waals surface area (Å²) in [7, 11) is 0. The molecule has 150 valence electrons. The quantitative estimate of drug-likeness (QED) is 0.688. The summed E-state index contributed by atoms with van der Waals surface area (Å²) in [6.45, 7) is 5.61. The molecule has 7 nitrogen and oxygen atoms in total. The van der Waals surface area contributed by atoms with Gasteiger partial charge in [-0.25, -0.2) is 9.50 Å². The molecule has 0 aliphatic carbocycles. The number of pyridine rings is 2. The second-order valence-electron chi connectivity index (χ2n) is 8.20. The number of fused-ring (bicyclic) bond motifs is 1. The Labute approximate surface area is 170 Å². The zero-order chi connectivity index (χ0) is 19.8. The normalized spacial score (nSPS) is 19.8. The van der Waals surface area contributed by atoms with Crippen molar-refractivity contribution in [3.05, 3.63) is 53.7 Å². The van der Waals surface area contributed by atoms with Crippen molar-refractivity contribution in [2.45, 2.75) is 38.5 Å². The van der Waals surface area contributed by atoms with Gasteiger partial charge in [-0.05, 0) is 56.4 Å². The van der Waals surface area contributed by atoms with Crippen molar-refractivity contribution in [2.24, 2.45) is 0 Å². The molecule has 29 heavy (non-hydrogen) atoms. The van der Waals surface area contributed by atoms with Crippen molar-refractivity contribution in [1.29, 1.82) is 0 Å². The highest BCUT2D eigenvalue weighted by Crippen LogP contribution is 2.27. The van der Waals surface area contributed by atoms with Gasteiger partial charge in [-0.1, -0.05) is 0 Å². The molecule has 1 atom stereocenters. The lowest BCUT2D eigenvalue weighted by Crippen LogP contribution is -2.39. The van der Waals surface area contributed by atoms with Crippen LogP contribution >= 0.6 is 0 Å². The second-order valence-corrected chi connectivity index (χ2v) is 8.20. The molecule has 3 aromatic heterocycles. The molecule has 0 bridgehead atoms. The number of piperidine rings is 1. The van der Waals surface area contributed by atoms with E-state index in [1.165, 1.54) is 18.5 Å². The van der Waals surface area contributed by atoms with E-state index in [0.29, 0.717) is 12.1 Å². The first-order valence-corrected chi connectivity index (χ1v) is 10.5. The fraction of sp³-hybridized carbons (Fsp3) is 0.455. The van der Waals surface area contributed by atoms with Crippen molar-refractivity contribution in [2.75, 3.05) is 31.1 Å². The first-order valence-electron chi connectivity index (χ1n) is 10.5. The van der Waals surface area contributed by atoms with E-state index in [1.54, 1.807) is 12.4 Å². The number of carbonyl (C=O) groups excluding carboxylic acids is 1. The van der Waals surface area contributed by atoms with Gasteiger partial charge in [-0.2, -0.15) is 5.10 Å². The van der Waals surface area contributed by atoms with Crippen molar-refractivity contribution in [1.82, 2.24) is 24.5 Å². The van der Waals surface area contributed by atoms with Crippen molar-refractivity contribution in [3.8, 4) is 0 Å². The predicted molar refractivity (Wildman–Crippen MR) is 111 cm³/mol. The number of aromatic nitrogens is 4. The topological polar surface area (TPSA) is 66.6 Å². The summed E-state index contributed by atoms with van der Waals surface area (Å²) in [6.07, 6.45) is 9.98. The summed E-state index contributed by atoms with van der Waals surface area (Å²) in [5, 5.41) is 4.78. The molecule has 0 spiro atoms. The lowest BCUT2D eigenvalue weighted by atomic mass is 9.97. The van der Waals surface area contributed by atoms with Crippen LogP contribution in [0, 0.1) is 6.92 Å². The lowest BCUT2D eigenvalue weighted by Gasteiger charge is -2.31. The van der Waals surface area contributed by atoms with Gasteiger partial charge >= 0.3 is 0 Å². The van der Waals surface area contributed by atoms with Crippen molar-refractivity contribution in [3.63, 3.8) is 0 Å². The third-order valence-electron chi connectivity index (χ3n) is 6.00. The molecule has 1 amide bonds. The first kappa shape index (κ1) is 18.1. The highest BCUT2D eigenvalue weighted by atomic mass is 16.2. The van der Waals surface area contributed by atoms with Crippen LogP contribution in [0.4, 0.5) is 5.69 Å². The average Bonchev–Trinajstić information content (AvgIpc) is 3.42. The monoisotopic (exact) mass is 390 g/mol. The molecule has 7 heteroatoms.